The summed E-state index contributed by atoms with van der Waals surface area (Å²) in [7, 11) is 0. The predicted octanol–water partition coefficient (Wildman–Crippen LogP) is 1.54. The Labute approximate surface area is 102 Å². The number of benzene rings is 1. The van der Waals surface area contributed by atoms with Gasteiger partial charge in [0.15, 0.2) is 0 Å². The molecule has 1 heterocycles. The van der Waals surface area contributed by atoms with Gasteiger partial charge in [-0.15, -0.1) is 0 Å². The van der Waals surface area contributed by atoms with Crippen LogP contribution in [0.5, 0.6) is 0 Å². The van der Waals surface area contributed by atoms with Crippen molar-refractivity contribution in [3.8, 4) is 0 Å². The molecule has 1 aliphatic heterocycles. The number of carbonyl (C=O) groups is 1. The molecule has 0 bridgehead atoms. The van der Waals surface area contributed by atoms with E-state index in [1.807, 2.05) is 0 Å². The van der Waals surface area contributed by atoms with Gasteiger partial charge in [0.2, 0.25) is 0 Å². The number of nitrogens with one attached hydrogen (secondary N) is 2. The molecular formula is C11H12BrFN2O. The fourth-order valence-electron chi connectivity index (χ4n) is 1.47. The molecule has 1 fully saturated rings. The first kappa shape index (κ1) is 11.5. The molecule has 5 heteroatoms. The number of amides is 1. The standard InChI is InChI=1S/C11H12BrFN2O/c12-9-2-1-8(3-10(9)13)11(16)15-6-7-4-14-5-7/h1-3,7,14H,4-6H2,(H,15,16). The van der Waals surface area contributed by atoms with Crippen LogP contribution < -0.4 is 10.6 Å². The highest BCUT2D eigenvalue weighted by atomic mass is 79.9. The fraction of sp³-hybridized carbons (Fsp3) is 0.364. The Morgan fingerprint density at radius 2 is 2.31 bits per heavy atom. The lowest BCUT2D eigenvalue weighted by atomic mass is 10.0. The quantitative estimate of drug-likeness (QED) is 0.885. The van der Waals surface area contributed by atoms with Crippen molar-refractivity contribution >= 4 is 21.8 Å². The SMILES string of the molecule is O=C(NCC1CNC1)c1ccc(Br)c(F)c1. The Kier molecular flexibility index (Phi) is 3.56. The highest BCUT2D eigenvalue weighted by molar-refractivity contribution is 9.10. The van der Waals surface area contributed by atoms with E-state index in [0.29, 0.717) is 22.5 Å². The number of rotatable bonds is 3. The second-order valence-corrected chi connectivity index (χ2v) is 4.72. The van der Waals surface area contributed by atoms with Crippen molar-refractivity contribution in [2.45, 2.75) is 0 Å². The minimum absolute atomic E-state index is 0.224. The number of hydrogen-bond acceptors (Lipinski definition) is 2. The number of carbonyl (C=O) groups excluding carboxylic acids is 1. The molecule has 1 aliphatic rings. The van der Waals surface area contributed by atoms with Gasteiger partial charge in [-0.3, -0.25) is 4.79 Å². The summed E-state index contributed by atoms with van der Waals surface area (Å²) in [5.74, 6) is -0.138. The molecule has 3 nitrogen and oxygen atoms in total. The molecule has 2 N–H and O–H groups in total. The van der Waals surface area contributed by atoms with Crippen LogP contribution in [0.2, 0.25) is 0 Å². The van der Waals surface area contributed by atoms with Crippen LogP contribution in [0.4, 0.5) is 4.39 Å². The van der Waals surface area contributed by atoms with Crippen molar-refractivity contribution in [3.05, 3.63) is 34.1 Å². The Hall–Kier alpha value is -0.940. The Balaban J connectivity index is 1.94. The van der Waals surface area contributed by atoms with E-state index in [9.17, 15) is 9.18 Å². The lowest BCUT2D eigenvalue weighted by molar-refractivity contribution is 0.0941. The van der Waals surface area contributed by atoms with Gasteiger partial charge in [0.25, 0.3) is 5.91 Å². The molecule has 1 saturated heterocycles. The molecule has 0 radical (unpaired) electrons. The van der Waals surface area contributed by atoms with Crippen LogP contribution in [-0.4, -0.2) is 25.5 Å². The average molecular weight is 287 g/mol. The van der Waals surface area contributed by atoms with Gasteiger partial charge >= 0.3 is 0 Å². The molecule has 0 unspecified atom stereocenters. The van der Waals surface area contributed by atoms with Crippen molar-refractivity contribution in [2.24, 2.45) is 5.92 Å². The van der Waals surface area contributed by atoms with E-state index < -0.39 is 5.82 Å². The van der Waals surface area contributed by atoms with Gasteiger partial charge in [0, 0.05) is 31.1 Å². The third-order valence-corrected chi connectivity index (χ3v) is 3.24. The molecule has 0 aliphatic carbocycles. The third-order valence-electron chi connectivity index (χ3n) is 2.60. The lowest BCUT2D eigenvalue weighted by Gasteiger charge is -2.27. The van der Waals surface area contributed by atoms with Crippen molar-refractivity contribution < 1.29 is 9.18 Å². The smallest absolute Gasteiger partial charge is 0.251 e. The van der Waals surface area contributed by atoms with Crippen molar-refractivity contribution in [1.82, 2.24) is 10.6 Å². The zero-order chi connectivity index (χ0) is 11.5. The maximum Gasteiger partial charge on any atom is 0.251 e. The van der Waals surface area contributed by atoms with E-state index in [4.69, 9.17) is 0 Å². The Bertz CT molecular complexity index is 407. The summed E-state index contributed by atoms with van der Waals surface area (Å²) in [6.07, 6.45) is 0. The summed E-state index contributed by atoms with van der Waals surface area (Å²) in [4.78, 5) is 11.6. The average Bonchev–Trinajstić information content (AvgIpc) is 2.19. The number of hydrogen-bond donors (Lipinski definition) is 2. The first-order valence-electron chi connectivity index (χ1n) is 5.11. The molecule has 86 valence electrons. The first-order chi connectivity index (χ1) is 7.66. The lowest BCUT2D eigenvalue weighted by Crippen LogP contribution is -2.48. The highest BCUT2D eigenvalue weighted by Gasteiger charge is 2.17. The molecule has 0 spiro atoms. The van der Waals surface area contributed by atoms with Gasteiger partial charge < -0.3 is 10.6 Å². The summed E-state index contributed by atoms with van der Waals surface area (Å²) in [6.45, 7) is 2.52. The maximum absolute atomic E-state index is 13.2. The van der Waals surface area contributed by atoms with E-state index in [-0.39, 0.29) is 5.91 Å². The largest absolute Gasteiger partial charge is 0.352 e. The minimum Gasteiger partial charge on any atom is -0.352 e. The molecule has 1 aromatic rings. The molecule has 2 rings (SSSR count). The van der Waals surface area contributed by atoms with E-state index in [0.717, 1.165) is 13.1 Å². The van der Waals surface area contributed by atoms with E-state index in [2.05, 4.69) is 26.6 Å². The summed E-state index contributed by atoms with van der Waals surface area (Å²) >= 11 is 3.05. The highest BCUT2D eigenvalue weighted by Crippen LogP contribution is 2.16. The van der Waals surface area contributed by atoms with Crippen LogP contribution in [-0.2, 0) is 0 Å². The van der Waals surface area contributed by atoms with Crippen LogP contribution in [0.15, 0.2) is 22.7 Å². The number of halogens is 2. The molecule has 16 heavy (non-hydrogen) atoms. The van der Waals surface area contributed by atoms with Gasteiger partial charge in [-0.05, 0) is 34.1 Å². The van der Waals surface area contributed by atoms with Crippen molar-refractivity contribution in [1.29, 1.82) is 0 Å². The fourth-order valence-corrected chi connectivity index (χ4v) is 1.72. The van der Waals surface area contributed by atoms with Gasteiger partial charge in [-0.1, -0.05) is 0 Å². The first-order valence-corrected chi connectivity index (χ1v) is 5.90. The molecule has 0 aromatic heterocycles. The van der Waals surface area contributed by atoms with Gasteiger partial charge in [0.05, 0.1) is 4.47 Å². The Morgan fingerprint density at radius 3 is 2.88 bits per heavy atom. The molecule has 1 amide bonds. The molecule has 1 aromatic carbocycles. The maximum atomic E-state index is 13.2. The molecule has 0 saturated carbocycles. The normalized spacial score (nSPS) is 15.6. The van der Waals surface area contributed by atoms with E-state index in [1.54, 1.807) is 6.07 Å². The summed E-state index contributed by atoms with van der Waals surface area (Å²) < 4.78 is 13.5. The van der Waals surface area contributed by atoms with Gasteiger partial charge in [0.1, 0.15) is 5.82 Å². The van der Waals surface area contributed by atoms with E-state index >= 15 is 0 Å². The van der Waals surface area contributed by atoms with Crippen LogP contribution >= 0.6 is 15.9 Å². The molecular weight excluding hydrogens is 275 g/mol. The van der Waals surface area contributed by atoms with Crippen LogP contribution in [0.3, 0.4) is 0 Å². The van der Waals surface area contributed by atoms with Gasteiger partial charge in [-0.2, -0.15) is 0 Å². The zero-order valence-corrected chi connectivity index (χ0v) is 10.2. The summed E-state index contributed by atoms with van der Waals surface area (Å²) in [5.41, 5.74) is 0.355. The zero-order valence-electron chi connectivity index (χ0n) is 8.59. The summed E-state index contributed by atoms with van der Waals surface area (Å²) in [6, 6.07) is 4.37. The third kappa shape index (κ3) is 2.59. The minimum atomic E-state index is -0.419. The van der Waals surface area contributed by atoms with Crippen LogP contribution in [0.25, 0.3) is 0 Å². The van der Waals surface area contributed by atoms with Crippen molar-refractivity contribution in [3.63, 3.8) is 0 Å². The second kappa shape index (κ2) is 4.93. The Morgan fingerprint density at radius 1 is 1.56 bits per heavy atom. The van der Waals surface area contributed by atoms with Gasteiger partial charge in [-0.25, -0.2) is 4.39 Å². The summed E-state index contributed by atoms with van der Waals surface area (Å²) in [5, 5.41) is 5.91. The second-order valence-electron chi connectivity index (χ2n) is 3.86. The van der Waals surface area contributed by atoms with Crippen LogP contribution in [0, 0.1) is 11.7 Å². The topological polar surface area (TPSA) is 41.1 Å². The molecule has 0 atom stereocenters. The van der Waals surface area contributed by atoms with E-state index in [1.165, 1.54) is 12.1 Å². The van der Waals surface area contributed by atoms with Crippen LogP contribution in [0.1, 0.15) is 10.4 Å². The van der Waals surface area contributed by atoms with Crippen molar-refractivity contribution in [2.75, 3.05) is 19.6 Å². The monoisotopic (exact) mass is 286 g/mol. The predicted molar refractivity (Wildman–Crippen MR) is 62.8 cm³/mol.